The summed E-state index contributed by atoms with van der Waals surface area (Å²) in [7, 11) is 0. The number of benzene rings is 2. The first-order valence-corrected chi connectivity index (χ1v) is 6.40. The number of rotatable bonds is 2. The summed E-state index contributed by atoms with van der Waals surface area (Å²) < 4.78 is 27.7. The molecule has 3 N–H and O–H groups in total. The summed E-state index contributed by atoms with van der Waals surface area (Å²) in [6.07, 6.45) is 0. The fourth-order valence-electron chi connectivity index (χ4n) is 1.42. The van der Waals surface area contributed by atoms with Crippen molar-refractivity contribution in [1.29, 1.82) is 0 Å². The van der Waals surface area contributed by atoms with Crippen LogP contribution in [0.4, 0.5) is 25.8 Å². The van der Waals surface area contributed by atoms with Gasteiger partial charge in [-0.25, -0.2) is 8.78 Å². The molecule has 0 fully saturated rings. The lowest BCUT2D eigenvalue weighted by molar-refractivity contribution is 0.512. The molecule has 94 valence electrons. The van der Waals surface area contributed by atoms with Crippen LogP contribution in [0.3, 0.4) is 0 Å². The monoisotopic (exact) mass is 380 g/mol. The normalized spacial score (nSPS) is 10.4. The van der Waals surface area contributed by atoms with E-state index in [1.165, 1.54) is 6.07 Å². The highest BCUT2D eigenvalue weighted by molar-refractivity contribution is 14.1. The maximum atomic E-state index is 13.6. The van der Waals surface area contributed by atoms with E-state index >= 15 is 0 Å². The molecule has 0 saturated heterocycles. The molecule has 2 aromatic rings. The highest BCUT2D eigenvalue weighted by Crippen LogP contribution is 2.32. The van der Waals surface area contributed by atoms with Crippen molar-refractivity contribution in [2.24, 2.45) is 0 Å². The number of nitrogens with two attached hydrogens (primary N) is 1. The number of halogens is 4. The summed E-state index contributed by atoms with van der Waals surface area (Å²) in [6.45, 7) is 0. The Morgan fingerprint density at radius 2 is 1.89 bits per heavy atom. The summed E-state index contributed by atoms with van der Waals surface area (Å²) in [4.78, 5) is 0. The van der Waals surface area contributed by atoms with Crippen molar-refractivity contribution in [3.63, 3.8) is 0 Å². The molecular formula is C12H8ClF2IN2. The summed E-state index contributed by atoms with van der Waals surface area (Å²) in [5.74, 6) is -1.99. The molecule has 2 aromatic carbocycles. The summed E-state index contributed by atoms with van der Waals surface area (Å²) in [6, 6.07) is 7.45. The van der Waals surface area contributed by atoms with Crippen LogP contribution < -0.4 is 11.1 Å². The van der Waals surface area contributed by atoms with Gasteiger partial charge in [-0.2, -0.15) is 0 Å². The molecule has 0 unspecified atom stereocenters. The Balaban J connectivity index is 2.43. The van der Waals surface area contributed by atoms with Gasteiger partial charge in [0.25, 0.3) is 0 Å². The van der Waals surface area contributed by atoms with Crippen molar-refractivity contribution >= 4 is 51.3 Å². The molecule has 0 aliphatic carbocycles. The average molecular weight is 381 g/mol. The lowest BCUT2D eigenvalue weighted by atomic mass is 10.2. The van der Waals surface area contributed by atoms with Gasteiger partial charge in [0, 0.05) is 3.57 Å². The van der Waals surface area contributed by atoms with Gasteiger partial charge in [0.05, 0.1) is 16.4 Å². The number of hydrogen-bond donors (Lipinski definition) is 2. The molecule has 0 atom stereocenters. The van der Waals surface area contributed by atoms with Gasteiger partial charge >= 0.3 is 0 Å². The van der Waals surface area contributed by atoms with Crippen molar-refractivity contribution in [3.05, 3.63) is 50.6 Å². The zero-order valence-electron chi connectivity index (χ0n) is 8.98. The summed E-state index contributed by atoms with van der Waals surface area (Å²) in [5, 5.41) is 3.11. The third-order valence-electron chi connectivity index (χ3n) is 2.32. The van der Waals surface area contributed by atoms with Gasteiger partial charge in [-0.1, -0.05) is 11.6 Å². The second kappa shape index (κ2) is 5.27. The lowest BCUT2D eigenvalue weighted by Gasteiger charge is -2.12. The predicted octanol–water partition coefficient (Wildman–Crippen LogP) is 4.55. The Morgan fingerprint density at radius 1 is 1.17 bits per heavy atom. The highest BCUT2D eigenvalue weighted by Gasteiger charge is 2.13. The van der Waals surface area contributed by atoms with Crippen molar-refractivity contribution < 1.29 is 8.78 Å². The number of nitrogen functional groups attached to an aromatic ring is 1. The Hall–Kier alpha value is -1.08. The quantitative estimate of drug-likeness (QED) is 0.593. The standard InChI is InChI=1S/C12H8ClF2IN2/c13-7-5-6(16)1-4-10(7)18-12-9(17)3-2-8(14)11(12)15/h1-5,18H,17H2. The van der Waals surface area contributed by atoms with Gasteiger partial charge in [-0.3, -0.25) is 0 Å². The zero-order valence-corrected chi connectivity index (χ0v) is 11.9. The van der Waals surface area contributed by atoms with Crippen LogP contribution >= 0.6 is 34.2 Å². The van der Waals surface area contributed by atoms with Crippen molar-refractivity contribution in [2.75, 3.05) is 11.1 Å². The SMILES string of the molecule is Nc1ccc(F)c(F)c1Nc1ccc(I)cc1Cl. The van der Waals surface area contributed by atoms with Crippen LogP contribution in [-0.2, 0) is 0 Å². The minimum Gasteiger partial charge on any atom is -0.397 e. The minimum atomic E-state index is -1.02. The van der Waals surface area contributed by atoms with Crippen LogP contribution in [-0.4, -0.2) is 0 Å². The maximum Gasteiger partial charge on any atom is 0.184 e. The second-order valence-corrected chi connectivity index (χ2v) is 5.23. The first kappa shape index (κ1) is 13.4. The van der Waals surface area contributed by atoms with Crippen LogP contribution in [0.2, 0.25) is 5.02 Å². The van der Waals surface area contributed by atoms with Gasteiger partial charge in [-0.15, -0.1) is 0 Å². The topological polar surface area (TPSA) is 38.0 Å². The summed E-state index contributed by atoms with van der Waals surface area (Å²) >= 11 is 8.10. The van der Waals surface area contributed by atoms with Crippen LogP contribution in [0, 0.1) is 15.2 Å². The Kier molecular flexibility index (Phi) is 3.91. The molecule has 0 aliphatic rings. The summed E-state index contributed by atoms with van der Waals surface area (Å²) in [5.41, 5.74) is 6.07. The third kappa shape index (κ3) is 2.67. The molecular weight excluding hydrogens is 372 g/mol. The van der Waals surface area contributed by atoms with Crippen LogP contribution in [0.15, 0.2) is 30.3 Å². The Labute approximate surface area is 121 Å². The number of hydrogen-bond acceptors (Lipinski definition) is 2. The highest BCUT2D eigenvalue weighted by atomic mass is 127. The molecule has 0 aliphatic heterocycles. The van der Waals surface area contributed by atoms with Crippen molar-refractivity contribution in [2.45, 2.75) is 0 Å². The Bertz CT molecular complexity index is 605. The van der Waals surface area contributed by atoms with E-state index in [-0.39, 0.29) is 11.4 Å². The third-order valence-corrected chi connectivity index (χ3v) is 3.30. The number of anilines is 3. The van der Waals surface area contributed by atoms with E-state index in [0.29, 0.717) is 10.7 Å². The molecule has 0 heterocycles. The molecule has 0 saturated carbocycles. The number of nitrogens with one attached hydrogen (secondary N) is 1. The van der Waals surface area contributed by atoms with E-state index < -0.39 is 11.6 Å². The molecule has 0 bridgehead atoms. The molecule has 6 heteroatoms. The van der Waals surface area contributed by atoms with E-state index in [9.17, 15) is 8.78 Å². The van der Waals surface area contributed by atoms with E-state index in [1.54, 1.807) is 18.2 Å². The largest absolute Gasteiger partial charge is 0.397 e. The average Bonchev–Trinajstić information content (AvgIpc) is 2.32. The zero-order chi connectivity index (χ0) is 13.3. The predicted molar refractivity (Wildman–Crippen MR) is 78.2 cm³/mol. The smallest absolute Gasteiger partial charge is 0.184 e. The molecule has 18 heavy (non-hydrogen) atoms. The molecule has 2 rings (SSSR count). The van der Waals surface area contributed by atoms with Gasteiger partial charge in [0.15, 0.2) is 11.6 Å². The van der Waals surface area contributed by atoms with Crippen LogP contribution in [0.1, 0.15) is 0 Å². The first-order chi connectivity index (χ1) is 8.49. The van der Waals surface area contributed by atoms with Crippen molar-refractivity contribution in [3.8, 4) is 0 Å². The minimum absolute atomic E-state index is 0.113. The van der Waals surface area contributed by atoms with Crippen molar-refractivity contribution in [1.82, 2.24) is 0 Å². The lowest BCUT2D eigenvalue weighted by Crippen LogP contribution is -2.02. The van der Waals surface area contributed by atoms with Crippen LogP contribution in [0.25, 0.3) is 0 Å². The van der Waals surface area contributed by atoms with Crippen LogP contribution in [0.5, 0.6) is 0 Å². The van der Waals surface area contributed by atoms with Gasteiger partial charge in [-0.05, 0) is 52.9 Å². The molecule has 2 nitrogen and oxygen atoms in total. The molecule has 0 radical (unpaired) electrons. The van der Waals surface area contributed by atoms with Gasteiger partial charge < -0.3 is 11.1 Å². The van der Waals surface area contributed by atoms with E-state index in [2.05, 4.69) is 27.9 Å². The van der Waals surface area contributed by atoms with E-state index in [4.69, 9.17) is 17.3 Å². The molecule has 0 aromatic heterocycles. The van der Waals surface area contributed by atoms with Gasteiger partial charge in [0.1, 0.15) is 5.69 Å². The van der Waals surface area contributed by atoms with E-state index in [0.717, 1.165) is 9.64 Å². The van der Waals surface area contributed by atoms with E-state index in [1.807, 2.05) is 0 Å². The Morgan fingerprint density at radius 3 is 2.56 bits per heavy atom. The molecule has 0 spiro atoms. The fourth-order valence-corrected chi connectivity index (χ4v) is 2.32. The fraction of sp³-hybridized carbons (Fsp3) is 0. The molecule has 0 amide bonds. The first-order valence-electron chi connectivity index (χ1n) is 4.94. The maximum absolute atomic E-state index is 13.6. The second-order valence-electron chi connectivity index (χ2n) is 3.57. The van der Waals surface area contributed by atoms with Gasteiger partial charge in [0.2, 0.25) is 0 Å².